The quantitative estimate of drug-likeness (QED) is 0.393. The molecule has 2 fully saturated rings. The van der Waals surface area contributed by atoms with Crippen molar-refractivity contribution in [3.63, 3.8) is 0 Å². The number of unbranched alkanes of at least 4 members (excludes halogenated alkanes) is 1. The van der Waals surface area contributed by atoms with E-state index in [-0.39, 0.29) is 11.8 Å². The minimum Gasteiger partial charge on any atom is -0.357 e. The van der Waals surface area contributed by atoms with Crippen LogP contribution in [0.15, 0.2) is 4.99 Å². The normalized spacial score (nSPS) is 20.0. The number of guanidine groups is 1. The lowest BCUT2D eigenvalue weighted by molar-refractivity contribution is -0.135. The molecule has 0 spiro atoms. The molecule has 0 aromatic heterocycles. The van der Waals surface area contributed by atoms with Crippen LogP contribution in [0.4, 0.5) is 0 Å². The van der Waals surface area contributed by atoms with Crippen molar-refractivity contribution in [1.82, 2.24) is 15.5 Å². The fraction of sp³-hybridized carbons (Fsp3) is 0.905. The van der Waals surface area contributed by atoms with Crippen LogP contribution >= 0.6 is 0 Å². The SMILES string of the molecule is CCNC(=NCCCCC1CCCC1)NC1CCN(C(=O)C(C)C)CC1. The molecule has 1 aliphatic carbocycles. The average molecular weight is 365 g/mol. The summed E-state index contributed by atoms with van der Waals surface area (Å²) in [5.41, 5.74) is 0. The van der Waals surface area contributed by atoms with Crippen LogP contribution in [0, 0.1) is 11.8 Å². The number of hydrogen-bond acceptors (Lipinski definition) is 2. The molecule has 5 nitrogen and oxygen atoms in total. The van der Waals surface area contributed by atoms with Gasteiger partial charge in [-0.25, -0.2) is 0 Å². The van der Waals surface area contributed by atoms with E-state index in [2.05, 4.69) is 17.6 Å². The molecule has 1 saturated heterocycles. The molecule has 26 heavy (non-hydrogen) atoms. The first-order valence-electron chi connectivity index (χ1n) is 10.9. The maximum absolute atomic E-state index is 12.1. The Morgan fingerprint density at radius 1 is 1.12 bits per heavy atom. The molecule has 2 N–H and O–H groups in total. The third-order valence-corrected chi connectivity index (χ3v) is 5.75. The minimum atomic E-state index is 0.0997. The van der Waals surface area contributed by atoms with E-state index in [0.29, 0.717) is 6.04 Å². The molecule has 0 radical (unpaired) electrons. The molecule has 1 amide bonds. The lowest BCUT2D eigenvalue weighted by atomic mass is 10.0. The number of piperidine rings is 1. The van der Waals surface area contributed by atoms with Crippen LogP contribution < -0.4 is 10.6 Å². The van der Waals surface area contributed by atoms with E-state index in [0.717, 1.165) is 50.9 Å². The van der Waals surface area contributed by atoms with Gasteiger partial charge < -0.3 is 15.5 Å². The van der Waals surface area contributed by atoms with Crippen molar-refractivity contribution >= 4 is 11.9 Å². The lowest BCUT2D eigenvalue weighted by Crippen LogP contribution is -2.50. The molecule has 150 valence electrons. The van der Waals surface area contributed by atoms with Crippen LogP contribution in [-0.2, 0) is 4.79 Å². The third-order valence-electron chi connectivity index (χ3n) is 5.75. The maximum atomic E-state index is 12.1. The largest absolute Gasteiger partial charge is 0.357 e. The molecule has 1 heterocycles. The standard InChI is InChI=1S/C21H40N4O/c1-4-22-21(23-14-8-7-11-18-9-5-6-10-18)24-19-12-15-25(16-13-19)20(26)17(2)3/h17-19H,4-16H2,1-3H3,(H2,22,23,24). The van der Waals surface area contributed by atoms with E-state index < -0.39 is 0 Å². The van der Waals surface area contributed by atoms with Gasteiger partial charge >= 0.3 is 0 Å². The maximum Gasteiger partial charge on any atom is 0.225 e. The Labute approximate surface area is 160 Å². The van der Waals surface area contributed by atoms with E-state index in [1.807, 2.05) is 18.7 Å². The Bertz CT molecular complexity index is 435. The second kappa shape index (κ2) is 11.5. The second-order valence-electron chi connectivity index (χ2n) is 8.31. The van der Waals surface area contributed by atoms with Crippen molar-refractivity contribution in [2.45, 2.75) is 84.6 Å². The summed E-state index contributed by atoms with van der Waals surface area (Å²) < 4.78 is 0. The van der Waals surface area contributed by atoms with Crippen molar-refractivity contribution in [3.8, 4) is 0 Å². The van der Waals surface area contributed by atoms with Crippen LogP contribution in [-0.4, -0.2) is 49.0 Å². The second-order valence-corrected chi connectivity index (χ2v) is 8.31. The number of carbonyl (C=O) groups excluding carboxylic acids is 1. The summed E-state index contributed by atoms with van der Waals surface area (Å²) in [6.07, 6.45) is 11.7. The summed E-state index contributed by atoms with van der Waals surface area (Å²) in [5.74, 6) is 2.32. The van der Waals surface area contributed by atoms with Crippen molar-refractivity contribution in [3.05, 3.63) is 0 Å². The smallest absolute Gasteiger partial charge is 0.225 e. The fourth-order valence-electron chi connectivity index (χ4n) is 4.16. The van der Waals surface area contributed by atoms with Gasteiger partial charge in [-0.05, 0) is 32.1 Å². The Balaban J connectivity index is 1.67. The van der Waals surface area contributed by atoms with Gasteiger partial charge in [-0.3, -0.25) is 9.79 Å². The first-order chi connectivity index (χ1) is 12.6. The zero-order valence-corrected chi connectivity index (χ0v) is 17.2. The predicted octanol–water partition coefficient (Wildman–Crippen LogP) is 3.55. The lowest BCUT2D eigenvalue weighted by Gasteiger charge is -2.34. The van der Waals surface area contributed by atoms with E-state index in [1.54, 1.807) is 0 Å². The van der Waals surface area contributed by atoms with Gasteiger partial charge in [0.15, 0.2) is 5.96 Å². The summed E-state index contributed by atoms with van der Waals surface area (Å²) in [6, 6.07) is 0.419. The third kappa shape index (κ3) is 7.16. The molecule has 1 saturated carbocycles. The monoisotopic (exact) mass is 364 g/mol. The number of carbonyl (C=O) groups is 1. The Hall–Kier alpha value is -1.26. The summed E-state index contributed by atoms with van der Waals surface area (Å²) in [5, 5.41) is 6.95. The highest BCUT2D eigenvalue weighted by atomic mass is 16.2. The average Bonchev–Trinajstić information content (AvgIpc) is 3.15. The molecule has 5 heteroatoms. The number of nitrogens with zero attached hydrogens (tertiary/aromatic N) is 2. The van der Waals surface area contributed by atoms with Crippen LogP contribution in [0.5, 0.6) is 0 Å². The molecule has 0 aromatic carbocycles. The number of amides is 1. The number of likely N-dealkylation sites (tertiary alicyclic amines) is 1. The van der Waals surface area contributed by atoms with E-state index >= 15 is 0 Å². The zero-order chi connectivity index (χ0) is 18.8. The van der Waals surface area contributed by atoms with E-state index in [1.165, 1.54) is 44.9 Å². The number of hydrogen-bond donors (Lipinski definition) is 2. The minimum absolute atomic E-state index is 0.0997. The number of aliphatic imine (C=N–C) groups is 1. The summed E-state index contributed by atoms with van der Waals surface area (Å²) in [6.45, 7) is 9.59. The predicted molar refractivity (Wildman–Crippen MR) is 109 cm³/mol. The molecule has 0 bridgehead atoms. The van der Waals surface area contributed by atoms with Crippen molar-refractivity contribution < 1.29 is 4.79 Å². The molecule has 1 aliphatic heterocycles. The Morgan fingerprint density at radius 2 is 1.81 bits per heavy atom. The van der Waals surface area contributed by atoms with Crippen molar-refractivity contribution in [2.75, 3.05) is 26.2 Å². The molecule has 0 atom stereocenters. The van der Waals surface area contributed by atoms with Crippen LogP contribution in [0.2, 0.25) is 0 Å². The molecular formula is C21H40N4O. The first-order valence-corrected chi connectivity index (χ1v) is 10.9. The molecule has 2 rings (SSSR count). The van der Waals surface area contributed by atoms with Gasteiger partial charge in [0.1, 0.15) is 0 Å². The van der Waals surface area contributed by atoms with E-state index in [9.17, 15) is 4.79 Å². The van der Waals surface area contributed by atoms with Crippen LogP contribution in [0.3, 0.4) is 0 Å². The van der Waals surface area contributed by atoms with Gasteiger partial charge in [0.05, 0.1) is 0 Å². The summed E-state index contributed by atoms with van der Waals surface area (Å²) in [7, 11) is 0. The summed E-state index contributed by atoms with van der Waals surface area (Å²) >= 11 is 0. The van der Waals surface area contributed by atoms with Crippen LogP contribution in [0.1, 0.15) is 78.6 Å². The molecular weight excluding hydrogens is 324 g/mol. The highest BCUT2D eigenvalue weighted by Crippen LogP contribution is 2.28. The first kappa shape index (κ1) is 21.0. The number of rotatable bonds is 8. The molecule has 0 aromatic rings. The van der Waals surface area contributed by atoms with Gasteiger partial charge in [-0.1, -0.05) is 52.4 Å². The number of nitrogens with one attached hydrogen (secondary N) is 2. The molecule has 0 unspecified atom stereocenters. The van der Waals surface area contributed by atoms with Crippen LogP contribution in [0.25, 0.3) is 0 Å². The Morgan fingerprint density at radius 3 is 2.42 bits per heavy atom. The Kier molecular flexibility index (Phi) is 9.27. The highest BCUT2D eigenvalue weighted by Gasteiger charge is 2.24. The van der Waals surface area contributed by atoms with Gasteiger partial charge in [-0.2, -0.15) is 0 Å². The van der Waals surface area contributed by atoms with Gasteiger partial charge in [0.2, 0.25) is 5.91 Å². The topological polar surface area (TPSA) is 56.7 Å². The van der Waals surface area contributed by atoms with Gasteiger partial charge in [0.25, 0.3) is 0 Å². The van der Waals surface area contributed by atoms with Gasteiger partial charge in [0, 0.05) is 38.1 Å². The zero-order valence-electron chi connectivity index (χ0n) is 17.2. The van der Waals surface area contributed by atoms with E-state index in [4.69, 9.17) is 4.99 Å². The molecule has 2 aliphatic rings. The fourth-order valence-corrected chi connectivity index (χ4v) is 4.16. The summed E-state index contributed by atoms with van der Waals surface area (Å²) in [4.78, 5) is 18.9. The van der Waals surface area contributed by atoms with Gasteiger partial charge in [-0.15, -0.1) is 0 Å². The highest BCUT2D eigenvalue weighted by molar-refractivity contribution is 5.80. The van der Waals surface area contributed by atoms with Crippen molar-refractivity contribution in [2.24, 2.45) is 16.8 Å². The van der Waals surface area contributed by atoms with Crippen molar-refractivity contribution in [1.29, 1.82) is 0 Å².